The molecule has 0 amide bonds. The maximum atomic E-state index is 13.3. The van der Waals surface area contributed by atoms with Gasteiger partial charge < -0.3 is 10.6 Å². The van der Waals surface area contributed by atoms with Crippen LogP contribution in [0.1, 0.15) is 36.1 Å². The van der Waals surface area contributed by atoms with Crippen molar-refractivity contribution in [2.75, 3.05) is 5.32 Å². The number of nitrogens with zero attached hydrogens (tertiary/aromatic N) is 1. The molecule has 4 rings (SSSR count). The van der Waals surface area contributed by atoms with Crippen LogP contribution in [-0.4, -0.2) is 9.97 Å². The Bertz CT molecular complexity index is 1030. The second-order valence-electron chi connectivity index (χ2n) is 6.79. The average Bonchev–Trinajstić information content (AvgIpc) is 3.11. The third-order valence-corrected chi connectivity index (χ3v) is 5.06. The van der Waals surface area contributed by atoms with E-state index >= 15 is 0 Å². The van der Waals surface area contributed by atoms with Crippen LogP contribution >= 0.6 is 12.2 Å². The van der Waals surface area contributed by atoms with E-state index in [0.29, 0.717) is 6.42 Å². The molecule has 0 bridgehead atoms. The summed E-state index contributed by atoms with van der Waals surface area (Å²) >= 11 is 5.41. The van der Waals surface area contributed by atoms with Crippen molar-refractivity contribution in [2.45, 2.75) is 19.4 Å². The number of rotatable bonds is 5. The molecule has 28 heavy (non-hydrogen) atoms. The number of anilines is 1. The molecule has 0 saturated carbocycles. The Labute approximate surface area is 169 Å². The number of hydrogen-bond donors (Lipinski definition) is 2. The third-order valence-electron chi connectivity index (χ3n) is 4.81. The molecule has 1 atom stereocenters. The lowest BCUT2D eigenvalue weighted by molar-refractivity contribution is 0.627. The van der Waals surface area contributed by atoms with Gasteiger partial charge in [0.15, 0.2) is 0 Å². The molecule has 1 unspecified atom stereocenters. The van der Waals surface area contributed by atoms with E-state index in [9.17, 15) is 4.39 Å². The van der Waals surface area contributed by atoms with Crippen LogP contribution in [0.25, 0.3) is 11.3 Å². The predicted octanol–water partition coefficient (Wildman–Crippen LogP) is 5.58. The van der Waals surface area contributed by atoms with Gasteiger partial charge in [0, 0.05) is 24.2 Å². The van der Waals surface area contributed by atoms with Crippen molar-refractivity contribution in [1.82, 2.24) is 10.3 Å². The monoisotopic (exact) mass is 389 g/mol. The Morgan fingerprint density at radius 2 is 1.79 bits per heavy atom. The largest absolute Gasteiger partial charge is 0.364 e. The Morgan fingerprint density at radius 3 is 2.54 bits per heavy atom. The van der Waals surface area contributed by atoms with Crippen LogP contribution in [0.5, 0.6) is 0 Å². The zero-order chi connectivity index (χ0) is 19.5. The van der Waals surface area contributed by atoms with E-state index in [1.165, 1.54) is 17.7 Å². The molecular weight excluding hydrogens is 369 g/mol. The first-order chi connectivity index (χ1) is 13.6. The molecule has 2 N–H and O–H groups in total. The topological polar surface area (TPSA) is 37.0 Å². The van der Waals surface area contributed by atoms with E-state index in [-0.39, 0.29) is 11.9 Å². The average molecular weight is 389 g/mol. The number of benzene rings is 2. The second-order valence-corrected chi connectivity index (χ2v) is 7.28. The Hall–Kier alpha value is -3.05. The number of pyridine rings is 1. The standard InChI is InChI=1S/C23H20FN3S/c1-15(16-5-3-2-4-6-16)26-21-13-18(11-12-25-21)23-20(14-22(28)27-23)17-7-9-19(24)10-8-17/h2-13,15H,14H2,1H3,(H,25,26)(H,27,28). The highest BCUT2D eigenvalue weighted by Gasteiger charge is 2.21. The molecular formula is C23H20FN3S. The minimum Gasteiger partial charge on any atom is -0.364 e. The van der Waals surface area contributed by atoms with E-state index in [1.54, 1.807) is 18.3 Å². The van der Waals surface area contributed by atoms with Gasteiger partial charge in [0.1, 0.15) is 11.6 Å². The summed E-state index contributed by atoms with van der Waals surface area (Å²) in [5, 5.41) is 6.76. The summed E-state index contributed by atoms with van der Waals surface area (Å²) in [6.07, 6.45) is 2.43. The number of thiocarbonyl (C=S) groups is 1. The van der Waals surface area contributed by atoms with E-state index in [1.807, 2.05) is 30.3 Å². The summed E-state index contributed by atoms with van der Waals surface area (Å²) in [4.78, 5) is 5.22. The SMILES string of the molecule is CC(Nc1cc(C2=C(c3ccc(F)cc3)CC(=S)N2)ccn1)c1ccccc1. The van der Waals surface area contributed by atoms with Crippen LogP contribution in [0.3, 0.4) is 0 Å². The van der Waals surface area contributed by atoms with Gasteiger partial charge in [0.2, 0.25) is 0 Å². The molecule has 2 heterocycles. The van der Waals surface area contributed by atoms with Crippen LogP contribution in [0.4, 0.5) is 10.2 Å². The summed E-state index contributed by atoms with van der Waals surface area (Å²) in [7, 11) is 0. The van der Waals surface area contributed by atoms with Gasteiger partial charge in [-0.2, -0.15) is 0 Å². The van der Waals surface area contributed by atoms with Crippen molar-refractivity contribution in [3.63, 3.8) is 0 Å². The second kappa shape index (κ2) is 7.90. The zero-order valence-electron chi connectivity index (χ0n) is 15.4. The fourth-order valence-corrected chi connectivity index (χ4v) is 3.61. The van der Waals surface area contributed by atoms with Crippen LogP contribution in [0.15, 0.2) is 72.9 Å². The van der Waals surface area contributed by atoms with Gasteiger partial charge in [-0.1, -0.05) is 54.7 Å². The Morgan fingerprint density at radius 1 is 1.04 bits per heavy atom. The van der Waals surface area contributed by atoms with Crippen molar-refractivity contribution in [1.29, 1.82) is 0 Å². The number of hydrogen-bond acceptors (Lipinski definition) is 3. The van der Waals surface area contributed by atoms with Gasteiger partial charge in [-0.25, -0.2) is 9.37 Å². The van der Waals surface area contributed by atoms with Crippen LogP contribution in [0.2, 0.25) is 0 Å². The van der Waals surface area contributed by atoms with Crippen molar-refractivity contribution in [2.24, 2.45) is 0 Å². The van der Waals surface area contributed by atoms with Gasteiger partial charge >= 0.3 is 0 Å². The van der Waals surface area contributed by atoms with E-state index < -0.39 is 0 Å². The molecule has 0 fully saturated rings. The summed E-state index contributed by atoms with van der Waals surface area (Å²) in [5.74, 6) is 0.546. The summed E-state index contributed by atoms with van der Waals surface area (Å²) in [6.45, 7) is 2.11. The molecule has 3 aromatic rings. The van der Waals surface area contributed by atoms with Gasteiger partial charge in [0.05, 0.1) is 10.7 Å². The quantitative estimate of drug-likeness (QED) is 0.558. The van der Waals surface area contributed by atoms with Gasteiger partial charge in [-0.3, -0.25) is 0 Å². The third kappa shape index (κ3) is 3.94. The van der Waals surface area contributed by atoms with Crippen molar-refractivity contribution in [3.05, 3.63) is 95.4 Å². The highest BCUT2D eigenvalue weighted by molar-refractivity contribution is 7.80. The smallest absolute Gasteiger partial charge is 0.127 e. The minimum atomic E-state index is -0.246. The molecule has 1 aliphatic heterocycles. The zero-order valence-corrected chi connectivity index (χ0v) is 16.3. The molecule has 1 aromatic heterocycles. The summed E-state index contributed by atoms with van der Waals surface area (Å²) < 4.78 is 13.3. The summed E-state index contributed by atoms with van der Waals surface area (Å²) in [5.41, 5.74) is 5.18. The normalized spacial score (nSPS) is 14.7. The Balaban J connectivity index is 1.64. The first-order valence-corrected chi connectivity index (χ1v) is 9.58. The lowest BCUT2D eigenvalue weighted by Gasteiger charge is -2.16. The first-order valence-electron chi connectivity index (χ1n) is 9.17. The Kier molecular flexibility index (Phi) is 5.17. The van der Waals surface area contributed by atoms with Crippen LogP contribution in [-0.2, 0) is 0 Å². The molecule has 2 aromatic carbocycles. The first kappa shape index (κ1) is 18.3. The lowest BCUT2D eigenvalue weighted by Crippen LogP contribution is -2.13. The highest BCUT2D eigenvalue weighted by atomic mass is 32.1. The molecule has 140 valence electrons. The molecule has 0 radical (unpaired) electrons. The van der Waals surface area contributed by atoms with E-state index in [2.05, 4.69) is 34.7 Å². The fraction of sp³-hybridized carbons (Fsp3) is 0.130. The fourth-order valence-electron chi connectivity index (χ4n) is 3.36. The minimum absolute atomic E-state index is 0.132. The highest BCUT2D eigenvalue weighted by Crippen LogP contribution is 2.33. The van der Waals surface area contributed by atoms with E-state index in [4.69, 9.17) is 12.2 Å². The molecule has 3 nitrogen and oxygen atoms in total. The maximum absolute atomic E-state index is 13.3. The maximum Gasteiger partial charge on any atom is 0.127 e. The molecule has 0 aliphatic carbocycles. The number of aromatic nitrogens is 1. The van der Waals surface area contributed by atoms with Crippen molar-refractivity contribution >= 4 is 34.3 Å². The van der Waals surface area contributed by atoms with Crippen LogP contribution < -0.4 is 10.6 Å². The molecule has 5 heteroatoms. The van der Waals surface area contributed by atoms with Crippen LogP contribution in [0, 0.1) is 5.82 Å². The van der Waals surface area contributed by atoms with Gasteiger partial charge in [0.25, 0.3) is 0 Å². The van der Waals surface area contributed by atoms with E-state index in [0.717, 1.165) is 33.2 Å². The summed E-state index contributed by atoms with van der Waals surface area (Å²) in [6, 6.07) is 20.9. The molecule has 1 aliphatic rings. The molecule has 0 saturated heterocycles. The van der Waals surface area contributed by atoms with Gasteiger partial charge in [-0.05, 0) is 47.9 Å². The number of nitrogens with one attached hydrogen (secondary N) is 2. The van der Waals surface area contributed by atoms with Crippen molar-refractivity contribution in [3.8, 4) is 0 Å². The van der Waals surface area contributed by atoms with Crippen molar-refractivity contribution < 1.29 is 4.39 Å². The predicted molar refractivity (Wildman–Crippen MR) is 116 cm³/mol. The lowest BCUT2D eigenvalue weighted by atomic mass is 10.00. The van der Waals surface area contributed by atoms with Gasteiger partial charge in [-0.15, -0.1) is 0 Å². The number of halogens is 1. The molecule has 0 spiro atoms.